The summed E-state index contributed by atoms with van der Waals surface area (Å²) in [6.07, 6.45) is 0.982. The lowest BCUT2D eigenvalue weighted by Gasteiger charge is -2.17. The molecule has 1 aromatic carbocycles. The molecule has 0 unspecified atom stereocenters. The molecule has 0 saturated carbocycles. The number of carbonyl (C=O) groups is 1. The minimum atomic E-state index is 0.819. The molecular weight excluding hydrogens is 222 g/mol. The first-order valence-electron chi connectivity index (χ1n) is 6.22. The molecule has 0 N–H and O–H groups in total. The first kappa shape index (κ1) is 12.7. The second-order valence-electron chi connectivity index (χ2n) is 5.06. The van der Waals surface area contributed by atoms with Gasteiger partial charge >= 0.3 is 0 Å². The molecule has 2 heteroatoms. The lowest BCUT2D eigenvalue weighted by molar-refractivity contribution is 0.112. The Kier molecular flexibility index (Phi) is 2.97. The highest BCUT2D eigenvalue weighted by atomic mass is 16.1. The standard InChI is InChI=1S/C16H19NO/c1-8-9(2)14(7-18)16-11(4)12(5)17-13(6)15(16)10(8)3/h7H,1-6H3. The van der Waals surface area contributed by atoms with Gasteiger partial charge in [-0.25, -0.2) is 0 Å². The van der Waals surface area contributed by atoms with Crippen molar-refractivity contribution in [1.29, 1.82) is 0 Å². The Morgan fingerprint density at radius 2 is 1.33 bits per heavy atom. The predicted molar refractivity (Wildman–Crippen MR) is 75.6 cm³/mol. The fourth-order valence-corrected chi connectivity index (χ4v) is 2.74. The van der Waals surface area contributed by atoms with Crippen LogP contribution in [0.1, 0.15) is 44.0 Å². The molecule has 0 aliphatic heterocycles. The van der Waals surface area contributed by atoms with Crippen molar-refractivity contribution in [1.82, 2.24) is 4.98 Å². The van der Waals surface area contributed by atoms with Crippen molar-refractivity contribution >= 4 is 17.1 Å². The molecule has 1 heterocycles. The van der Waals surface area contributed by atoms with Crippen LogP contribution in [0.2, 0.25) is 0 Å². The zero-order valence-electron chi connectivity index (χ0n) is 11.9. The summed E-state index contributed by atoms with van der Waals surface area (Å²) in [5, 5.41) is 2.22. The molecule has 0 saturated heterocycles. The Morgan fingerprint density at radius 1 is 0.722 bits per heavy atom. The van der Waals surface area contributed by atoms with Gasteiger partial charge in [-0.2, -0.15) is 0 Å². The highest BCUT2D eigenvalue weighted by molar-refractivity contribution is 6.04. The summed E-state index contributed by atoms with van der Waals surface area (Å²) in [5.41, 5.74) is 7.47. The monoisotopic (exact) mass is 241 g/mol. The molecule has 0 atom stereocenters. The van der Waals surface area contributed by atoms with Crippen molar-refractivity contribution < 1.29 is 4.79 Å². The van der Waals surface area contributed by atoms with Crippen molar-refractivity contribution in [3.63, 3.8) is 0 Å². The van der Waals surface area contributed by atoms with Gasteiger partial charge in [0, 0.05) is 22.3 Å². The smallest absolute Gasteiger partial charge is 0.150 e. The highest BCUT2D eigenvalue weighted by Gasteiger charge is 2.16. The number of aromatic nitrogens is 1. The van der Waals surface area contributed by atoms with Gasteiger partial charge in [0.05, 0.1) is 0 Å². The molecule has 0 amide bonds. The molecular formula is C16H19NO. The minimum absolute atomic E-state index is 0.819. The minimum Gasteiger partial charge on any atom is -0.298 e. The van der Waals surface area contributed by atoms with Crippen LogP contribution in [0.5, 0.6) is 0 Å². The van der Waals surface area contributed by atoms with Gasteiger partial charge in [0.1, 0.15) is 0 Å². The summed E-state index contributed by atoms with van der Waals surface area (Å²) in [4.78, 5) is 16.1. The number of pyridine rings is 1. The molecule has 0 bridgehead atoms. The van der Waals surface area contributed by atoms with Crippen LogP contribution in [0.25, 0.3) is 10.8 Å². The van der Waals surface area contributed by atoms with Crippen molar-refractivity contribution in [2.75, 3.05) is 0 Å². The molecule has 2 aromatic rings. The Labute approximate surface area is 108 Å². The fraction of sp³-hybridized carbons (Fsp3) is 0.375. The predicted octanol–water partition coefficient (Wildman–Crippen LogP) is 3.90. The Balaban J connectivity index is 3.20. The van der Waals surface area contributed by atoms with Crippen molar-refractivity contribution in [2.45, 2.75) is 41.5 Å². The van der Waals surface area contributed by atoms with Crippen LogP contribution >= 0.6 is 0 Å². The summed E-state index contributed by atoms with van der Waals surface area (Å²) in [6.45, 7) is 12.3. The SMILES string of the molecule is Cc1nc(C)c2c(C)c(C)c(C)c(C=O)c2c1C. The second kappa shape index (κ2) is 4.20. The van der Waals surface area contributed by atoms with Crippen LogP contribution in [-0.4, -0.2) is 11.3 Å². The lowest BCUT2D eigenvalue weighted by Crippen LogP contribution is -2.03. The highest BCUT2D eigenvalue weighted by Crippen LogP contribution is 2.33. The largest absolute Gasteiger partial charge is 0.298 e. The Bertz CT molecular complexity index is 669. The number of fused-ring (bicyclic) bond motifs is 1. The van der Waals surface area contributed by atoms with E-state index < -0.39 is 0 Å². The van der Waals surface area contributed by atoms with E-state index in [1.807, 2.05) is 27.7 Å². The molecule has 94 valence electrons. The van der Waals surface area contributed by atoms with Crippen molar-refractivity contribution in [3.05, 3.63) is 39.2 Å². The van der Waals surface area contributed by atoms with Gasteiger partial charge in [0.2, 0.25) is 0 Å². The summed E-state index contributed by atoms with van der Waals surface area (Å²) in [5.74, 6) is 0. The van der Waals surface area contributed by atoms with E-state index in [0.29, 0.717) is 0 Å². The van der Waals surface area contributed by atoms with Crippen LogP contribution in [0.15, 0.2) is 0 Å². The van der Waals surface area contributed by atoms with E-state index in [4.69, 9.17) is 0 Å². The summed E-state index contributed by atoms with van der Waals surface area (Å²) in [6, 6.07) is 0. The zero-order chi connectivity index (χ0) is 13.6. The first-order chi connectivity index (χ1) is 8.40. The van der Waals surface area contributed by atoms with Gasteiger partial charge in [-0.1, -0.05) is 0 Å². The number of benzene rings is 1. The maximum absolute atomic E-state index is 11.5. The number of aryl methyl sites for hydroxylation is 4. The van der Waals surface area contributed by atoms with E-state index >= 15 is 0 Å². The summed E-state index contributed by atoms with van der Waals surface area (Å²) >= 11 is 0. The van der Waals surface area contributed by atoms with Crippen LogP contribution in [0.4, 0.5) is 0 Å². The third kappa shape index (κ3) is 1.56. The van der Waals surface area contributed by atoms with Gasteiger partial charge < -0.3 is 0 Å². The quantitative estimate of drug-likeness (QED) is 0.709. The first-order valence-corrected chi connectivity index (χ1v) is 6.22. The van der Waals surface area contributed by atoms with E-state index in [-0.39, 0.29) is 0 Å². The Hall–Kier alpha value is -1.70. The Morgan fingerprint density at radius 3 is 1.89 bits per heavy atom. The average molecular weight is 241 g/mol. The molecule has 18 heavy (non-hydrogen) atoms. The van der Waals surface area contributed by atoms with E-state index in [1.54, 1.807) is 0 Å². The molecule has 0 radical (unpaired) electrons. The number of hydrogen-bond donors (Lipinski definition) is 0. The van der Waals surface area contributed by atoms with Gasteiger partial charge in [-0.3, -0.25) is 9.78 Å². The topological polar surface area (TPSA) is 30.0 Å². The van der Waals surface area contributed by atoms with Gasteiger partial charge in [-0.15, -0.1) is 0 Å². The normalized spacial score (nSPS) is 11.0. The molecule has 0 fully saturated rings. The average Bonchev–Trinajstić information content (AvgIpc) is 2.33. The number of nitrogens with zero attached hydrogens (tertiary/aromatic N) is 1. The maximum atomic E-state index is 11.5. The van der Waals surface area contributed by atoms with Crippen molar-refractivity contribution in [3.8, 4) is 0 Å². The number of carbonyl (C=O) groups excluding carboxylic acids is 1. The molecule has 1 aromatic heterocycles. The molecule has 0 spiro atoms. The van der Waals surface area contributed by atoms with Gasteiger partial charge in [0.25, 0.3) is 0 Å². The molecule has 0 aliphatic carbocycles. The van der Waals surface area contributed by atoms with Gasteiger partial charge in [0.15, 0.2) is 6.29 Å². The number of hydrogen-bond acceptors (Lipinski definition) is 2. The summed E-state index contributed by atoms with van der Waals surface area (Å²) < 4.78 is 0. The van der Waals surface area contributed by atoms with Gasteiger partial charge in [-0.05, 0) is 69.2 Å². The summed E-state index contributed by atoms with van der Waals surface area (Å²) in [7, 11) is 0. The molecule has 0 aliphatic rings. The van der Waals surface area contributed by atoms with Crippen LogP contribution < -0.4 is 0 Å². The van der Waals surface area contributed by atoms with Crippen LogP contribution in [0, 0.1) is 41.5 Å². The van der Waals surface area contributed by atoms with E-state index in [9.17, 15) is 4.79 Å². The third-order valence-corrected chi connectivity index (χ3v) is 4.16. The molecule has 2 rings (SSSR count). The second-order valence-corrected chi connectivity index (χ2v) is 5.06. The number of rotatable bonds is 1. The van der Waals surface area contributed by atoms with Crippen LogP contribution in [0.3, 0.4) is 0 Å². The van der Waals surface area contributed by atoms with E-state index in [1.165, 1.54) is 11.1 Å². The van der Waals surface area contributed by atoms with Crippen LogP contribution in [-0.2, 0) is 0 Å². The maximum Gasteiger partial charge on any atom is 0.150 e. The fourth-order valence-electron chi connectivity index (χ4n) is 2.74. The lowest BCUT2D eigenvalue weighted by atomic mass is 9.88. The zero-order valence-corrected chi connectivity index (χ0v) is 11.9. The van der Waals surface area contributed by atoms with E-state index in [2.05, 4.69) is 18.8 Å². The molecule has 2 nitrogen and oxygen atoms in total. The van der Waals surface area contributed by atoms with Crippen molar-refractivity contribution in [2.24, 2.45) is 0 Å². The third-order valence-electron chi connectivity index (χ3n) is 4.16. The number of aldehydes is 1. The van der Waals surface area contributed by atoms with E-state index in [0.717, 1.165) is 45.1 Å².